The van der Waals surface area contributed by atoms with Crippen molar-refractivity contribution in [3.8, 4) is 22.1 Å². The third kappa shape index (κ3) is 4.19. The lowest BCUT2D eigenvalue weighted by atomic mass is 10.2. The third-order valence-electron chi connectivity index (χ3n) is 5.06. The lowest BCUT2D eigenvalue weighted by molar-refractivity contribution is -0.390. The summed E-state index contributed by atoms with van der Waals surface area (Å²) in [5.74, 6) is 0.633. The van der Waals surface area contributed by atoms with Crippen molar-refractivity contribution in [3.63, 3.8) is 0 Å². The van der Waals surface area contributed by atoms with Crippen LogP contribution in [0.5, 0.6) is 11.6 Å². The van der Waals surface area contributed by atoms with Crippen molar-refractivity contribution in [1.82, 2.24) is 19.9 Å². The van der Waals surface area contributed by atoms with Crippen LogP contribution in [0.25, 0.3) is 20.7 Å². The highest BCUT2D eigenvalue weighted by molar-refractivity contribution is 7.18. The molecule has 11 heteroatoms. The molecule has 0 saturated carbocycles. The molecule has 1 aliphatic heterocycles. The number of ether oxygens (including phenoxy) is 2. The molecular weight excluding hydrogens is 450 g/mol. The van der Waals surface area contributed by atoms with Crippen LogP contribution in [-0.2, 0) is 11.3 Å². The van der Waals surface area contributed by atoms with Gasteiger partial charge >= 0.3 is 5.82 Å². The molecule has 1 aliphatic rings. The Kier molecular flexibility index (Phi) is 5.79. The van der Waals surface area contributed by atoms with Crippen LogP contribution in [0.4, 0.5) is 5.82 Å². The van der Waals surface area contributed by atoms with Crippen molar-refractivity contribution in [2.45, 2.75) is 13.5 Å². The summed E-state index contributed by atoms with van der Waals surface area (Å²) in [4.78, 5) is 28.6. The molecule has 32 heavy (non-hydrogen) atoms. The zero-order valence-electron chi connectivity index (χ0n) is 17.2. The SMILES string of the molecule is Cc1ccc(Oc2nc(CN3CCOCC3)nc3scc(-c4cccs4)c23)c([N+](=O)[O-])n1. The highest BCUT2D eigenvalue weighted by atomic mass is 32.1. The molecule has 4 aromatic heterocycles. The van der Waals surface area contributed by atoms with Crippen LogP contribution in [0.15, 0.2) is 35.0 Å². The number of nitro groups is 1. The van der Waals surface area contributed by atoms with Gasteiger partial charge in [-0.05, 0) is 33.5 Å². The second-order valence-electron chi connectivity index (χ2n) is 7.27. The maximum absolute atomic E-state index is 11.6. The topological polar surface area (TPSA) is 104 Å². The molecule has 0 unspecified atom stereocenters. The first kappa shape index (κ1) is 20.9. The number of hydrogen-bond acceptors (Lipinski definition) is 10. The number of thiophene rings is 2. The smallest absolute Gasteiger partial charge is 0.407 e. The molecule has 0 amide bonds. The third-order valence-corrected chi connectivity index (χ3v) is 6.84. The van der Waals surface area contributed by atoms with Crippen LogP contribution in [-0.4, -0.2) is 51.1 Å². The van der Waals surface area contributed by atoms with Gasteiger partial charge in [0.15, 0.2) is 0 Å². The number of hydrogen-bond donors (Lipinski definition) is 0. The highest BCUT2D eigenvalue weighted by Crippen LogP contribution is 2.42. The fraction of sp³-hybridized carbons (Fsp3) is 0.286. The Morgan fingerprint density at radius 3 is 2.78 bits per heavy atom. The summed E-state index contributed by atoms with van der Waals surface area (Å²) in [6.07, 6.45) is 0. The van der Waals surface area contributed by atoms with E-state index in [2.05, 4.69) is 9.88 Å². The van der Waals surface area contributed by atoms with Gasteiger partial charge in [0.2, 0.25) is 11.6 Å². The van der Waals surface area contributed by atoms with Crippen LogP contribution in [0.3, 0.4) is 0 Å². The largest absolute Gasteiger partial charge is 0.429 e. The van der Waals surface area contributed by atoms with Gasteiger partial charge in [0.25, 0.3) is 0 Å². The van der Waals surface area contributed by atoms with Gasteiger partial charge in [0.05, 0.1) is 25.1 Å². The summed E-state index contributed by atoms with van der Waals surface area (Å²) in [6.45, 7) is 5.21. The lowest BCUT2D eigenvalue weighted by Crippen LogP contribution is -2.36. The standard InChI is InChI=1S/C21H19N5O4S2/c1-13-4-5-15(19(22-13)26(27)28)30-20-18-14(16-3-2-10-31-16)12-32-21(18)24-17(23-20)11-25-6-8-29-9-7-25/h2-5,10,12H,6-9,11H2,1H3. The van der Waals surface area contributed by atoms with Gasteiger partial charge in [0, 0.05) is 35.8 Å². The molecule has 4 aromatic rings. The molecule has 5 rings (SSSR count). The molecule has 1 fully saturated rings. The van der Waals surface area contributed by atoms with E-state index in [1.54, 1.807) is 30.4 Å². The van der Waals surface area contributed by atoms with E-state index < -0.39 is 4.92 Å². The van der Waals surface area contributed by atoms with E-state index in [1.807, 2.05) is 22.9 Å². The Bertz CT molecular complexity index is 1270. The van der Waals surface area contributed by atoms with E-state index in [4.69, 9.17) is 19.4 Å². The average Bonchev–Trinajstić information content (AvgIpc) is 3.45. The molecule has 0 radical (unpaired) electrons. The predicted molar refractivity (Wildman–Crippen MR) is 123 cm³/mol. The lowest BCUT2D eigenvalue weighted by Gasteiger charge is -2.25. The van der Waals surface area contributed by atoms with Crippen LogP contribution in [0.2, 0.25) is 0 Å². The summed E-state index contributed by atoms with van der Waals surface area (Å²) in [7, 11) is 0. The molecule has 0 aliphatic carbocycles. The summed E-state index contributed by atoms with van der Waals surface area (Å²) in [5, 5.41) is 16.4. The molecule has 0 N–H and O–H groups in total. The molecule has 0 spiro atoms. The molecule has 1 saturated heterocycles. The zero-order valence-corrected chi connectivity index (χ0v) is 18.8. The minimum absolute atomic E-state index is 0.0567. The molecule has 5 heterocycles. The van der Waals surface area contributed by atoms with E-state index >= 15 is 0 Å². The van der Waals surface area contributed by atoms with Crippen molar-refractivity contribution in [3.05, 3.63) is 56.7 Å². The van der Waals surface area contributed by atoms with Gasteiger partial charge in [-0.15, -0.1) is 22.7 Å². The van der Waals surface area contributed by atoms with Gasteiger partial charge in [-0.2, -0.15) is 4.98 Å². The number of rotatable bonds is 6. The maximum Gasteiger partial charge on any atom is 0.407 e. The van der Waals surface area contributed by atoms with E-state index in [-0.39, 0.29) is 11.6 Å². The molecular formula is C21H19N5O4S2. The monoisotopic (exact) mass is 469 g/mol. The van der Waals surface area contributed by atoms with Gasteiger partial charge in [-0.25, -0.2) is 4.98 Å². The molecule has 164 valence electrons. The number of nitrogens with zero attached hydrogens (tertiary/aromatic N) is 5. The quantitative estimate of drug-likeness (QED) is 0.297. The van der Waals surface area contributed by atoms with Crippen molar-refractivity contribution >= 4 is 38.7 Å². The molecule has 0 atom stereocenters. The van der Waals surface area contributed by atoms with E-state index in [1.165, 1.54) is 11.3 Å². The second kappa shape index (κ2) is 8.87. The fourth-order valence-electron chi connectivity index (χ4n) is 3.51. The number of pyridine rings is 1. The Hall–Kier alpha value is -2.99. The Labute approximate surface area is 191 Å². The van der Waals surface area contributed by atoms with Crippen molar-refractivity contribution in [1.29, 1.82) is 0 Å². The summed E-state index contributed by atoms with van der Waals surface area (Å²) in [6, 6.07) is 7.25. The van der Waals surface area contributed by atoms with Crippen LogP contribution in [0.1, 0.15) is 11.5 Å². The molecule has 9 nitrogen and oxygen atoms in total. The average molecular weight is 470 g/mol. The van der Waals surface area contributed by atoms with Crippen LogP contribution < -0.4 is 4.74 Å². The molecule has 0 aromatic carbocycles. The zero-order chi connectivity index (χ0) is 22.1. The Morgan fingerprint density at radius 2 is 2.03 bits per heavy atom. The first-order valence-corrected chi connectivity index (χ1v) is 11.8. The first-order chi connectivity index (χ1) is 15.6. The Balaban J connectivity index is 1.61. The number of morpholine rings is 1. The van der Waals surface area contributed by atoms with Crippen molar-refractivity contribution in [2.75, 3.05) is 26.3 Å². The van der Waals surface area contributed by atoms with E-state index in [0.29, 0.717) is 37.2 Å². The van der Waals surface area contributed by atoms with Crippen LogP contribution >= 0.6 is 22.7 Å². The number of aromatic nitrogens is 3. The first-order valence-electron chi connectivity index (χ1n) is 10.0. The van der Waals surface area contributed by atoms with Crippen molar-refractivity contribution < 1.29 is 14.4 Å². The van der Waals surface area contributed by atoms with E-state index in [0.717, 1.165) is 33.7 Å². The van der Waals surface area contributed by atoms with E-state index in [9.17, 15) is 10.1 Å². The Morgan fingerprint density at radius 1 is 1.19 bits per heavy atom. The fourth-order valence-corrected chi connectivity index (χ4v) is 5.28. The van der Waals surface area contributed by atoms with Crippen LogP contribution in [0, 0.1) is 17.0 Å². The predicted octanol–water partition coefficient (Wildman–Crippen LogP) is 4.66. The van der Waals surface area contributed by atoms with Gasteiger partial charge in [-0.1, -0.05) is 6.07 Å². The normalized spacial score (nSPS) is 14.7. The number of fused-ring (bicyclic) bond motifs is 1. The van der Waals surface area contributed by atoms with Gasteiger partial charge in [-0.3, -0.25) is 4.90 Å². The number of aryl methyl sites for hydroxylation is 1. The summed E-state index contributed by atoms with van der Waals surface area (Å²) < 4.78 is 11.5. The highest BCUT2D eigenvalue weighted by Gasteiger charge is 2.24. The second-order valence-corrected chi connectivity index (χ2v) is 9.08. The van der Waals surface area contributed by atoms with Crippen molar-refractivity contribution in [2.24, 2.45) is 0 Å². The summed E-state index contributed by atoms with van der Waals surface area (Å²) >= 11 is 3.11. The molecule has 0 bridgehead atoms. The van der Waals surface area contributed by atoms with Gasteiger partial charge < -0.3 is 19.6 Å². The summed E-state index contributed by atoms with van der Waals surface area (Å²) in [5.41, 5.74) is 1.50. The maximum atomic E-state index is 11.6. The van der Waals surface area contributed by atoms with Gasteiger partial charge in [0.1, 0.15) is 16.3 Å². The minimum Gasteiger partial charge on any atom is -0.429 e. The minimum atomic E-state index is -0.539.